The van der Waals surface area contributed by atoms with Gasteiger partial charge in [-0.3, -0.25) is 9.59 Å². The van der Waals surface area contributed by atoms with Crippen LogP contribution in [0.5, 0.6) is 0 Å². The van der Waals surface area contributed by atoms with E-state index < -0.39 is 0 Å². The number of carbonyl (C=O) groups is 2. The van der Waals surface area contributed by atoms with E-state index in [9.17, 15) is 9.59 Å². The van der Waals surface area contributed by atoms with Crippen molar-refractivity contribution in [1.29, 1.82) is 0 Å². The highest BCUT2D eigenvalue weighted by molar-refractivity contribution is 5.86. The van der Waals surface area contributed by atoms with E-state index in [0.717, 1.165) is 42.1 Å². The van der Waals surface area contributed by atoms with Crippen LogP contribution >= 0.6 is 0 Å². The molecule has 0 N–H and O–H groups in total. The van der Waals surface area contributed by atoms with Crippen molar-refractivity contribution in [2.24, 2.45) is 0 Å². The van der Waals surface area contributed by atoms with Crippen molar-refractivity contribution in [3.8, 4) is 11.3 Å². The summed E-state index contributed by atoms with van der Waals surface area (Å²) in [6.07, 6.45) is 2.20. The molecule has 0 unspecified atom stereocenters. The van der Waals surface area contributed by atoms with Gasteiger partial charge < -0.3 is 19.4 Å². The molecule has 0 bridgehead atoms. The smallest absolute Gasteiger partial charge is 0.242 e. The molecular formula is C29H33N5O3. The van der Waals surface area contributed by atoms with Gasteiger partial charge >= 0.3 is 0 Å². The zero-order valence-corrected chi connectivity index (χ0v) is 21.0. The summed E-state index contributed by atoms with van der Waals surface area (Å²) < 4.78 is 5.77. The second-order valence-corrected chi connectivity index (χ2v) is 9.58. The normalized spacial score (nSPS) is 17.6. The van der Waals surface area contributed by atoms with E-state index in [1.807, 2.05) is 77.7 Å². The van der Waals surface area contributed by atoms with Crippen molar-refractivity contribution < 1.29 is 14.3 Å². The standard InChI is InChI=1S/C29H33N5O3/c35-28(20-23-8-3-1-4-9-23)34(21-25-12-7-19-37-25)22-29(36)33-17-15-32(16-18-33)27-14-13-26(30-31-27)24-10-5-2-6-11-24/h1-6,8-11,13-14,25H,7,12,15-22H2/t25-/m0/s1. The van der Waals surface area contributed by atoms with Crippen LogP contribution in [0.3, 0.4) is 0 Å². The fourth-order valence-corrected chi connectivity index (χ4v) is 4.88. The van der Waals surface area contributed by atoms with Crippen LogP contribution < -0.4 is 4.90 Å². The number of hydrogen-bond acceptors (Lipinski definition) is 6. The molecule has 3 heterocycles. The maximum absolute atomic E-state index is 13.2. The number of amides is 2. The molecule has 37 heavy (non-hydrogen) atoms. The molecule has 0 aliphatic carbocycles. The first-order chi connectivity index (χ1) is 18.2. The van der Waals surface area contributed by atoms with Gasteiger partial charge in [0.2, 0.25) is 11.8 Å². The molecule has 2 fully saturated rings. The van der Waals surface area contributed by atoms with Crippen LogP contribution in [0.15, 0.2) is 72.8 Å². The van der Waals surface area contributed by atoms with Crippen LogP contribution in [-0.4, -0.2) is 83.8 Å². The second kappa shape index (κ2) is 12.0. The minimum atomic E-state index is -0.0394. The summed E-state index contributed by atoms with van der Waals surface area (Å²) in [6.45, 7) is 3.78. The number of piperazine rings is 1. The Morgan fingerprint density at radius 3 is 2.27 bits per heavy atom. The van der Waals surface area contributed by atoms with E-state index in [1.165, 1.54) is 0 Å². The highest BCUT2D eigenvalue weighted by Gasteiger charge is 2.28. The topological polar surface area (TPSA) is 78.9 Å². The molecule has 192 valence electrons. The third-order valence-electron chi connectivity index (χ3n) is 7.00. The summed E-state index contributed by atoms with van der Waals surface area (Å²) >= 11 is 0. The van der Waals surface area contributed by atoms with Gasteiger partial charge in [0.25, 0.3) is 0 Å². The first-order valence-corrected chi connectivity index (χ1v) is 13.0. The lowest BCUT2D eigenvalue weighted by atomic mass is 10.1. The molecule has 2 aliphatic rings. The maximum atomic E-state index is 13.2. The zero-order chi connectivity index (χ0) is 25.5. The monoisotopic (exact) mass is 499 g/mol. The molecule has 8 nitrogen and oxygen atoms in total. The van der Waals surface area contributed by atoms with Gasteiger partial charge in [-0.1, -0.05) is 60.7 Å². The molecule has 0 radical (unpaired) electrons. The van der Waals surface area contributed by atoms with Crippen LogP contribution in [0.2, 0.25) is 0 Å². The van der Waals surface area contributed by atoms with Crippen LogP contribution in [-0.2, 0) is 20.7 Å². The second-order valence-electron chi connectivity index (χ2n) is 9.58. The Morgan fingerprint density at radius 1 is 0.892 bits per heavy atom. The highest BCUT2D eigenvalue weighted by atomic mass is 16.5. The SMILES string of the molecule is O=C(CN(C[C@@H]1CCCO1)C(=O)Cc1ccccc1)N1CCN(c2ccc(-c3ccccc3)nn2)CC1. The Kier molecular flexibility index (Phi) is 8.05. The van der Waals surface area contributed by atoms with E-state index in [2.05, 4.69) is 15.1 Å². The molecule has 2 aromatic carbocycles. The Bertz CT molecular complexity index is 1160. The first kappa shape index (κ1) is 24.9. The van der Waals surface area contributed by atoms with Crippen molar-refractivity contribution in [2.45, 2.75) is 25.4 Å². The first-order valence-electron chi connectivity index (χ1n) is 13.0. The number of aromatic nitrogens is 2. The minimum absolute atomic E-state index is 0.00167. The highest BCUT2D eigenvalue weighted by Crippen LogP contribution is 2.20. The lowest BCUT2D eigenvalue weighted by molar-refractivity contribution is -0.141. The predicted octanol–water partition coefficient (Wildman–Crippen LogP) is 3.04. The number of anilines is 1. The van der Waals surface area contributed by atoms with Gasteiger partial charge in [0.15, 0.2) is 5.82 Å². The van der Waals surface area contributed by atoms with Crippen LogP contribution in [0.25, 0.3) is 11.3 Å². The lowest BCUT2D eigenvalue weighted by Gasteiger charge is -2.36. The van der Waals surface area contributed by atoms with E-state index in [1.54, 1.807) is 4.90 Å². The fourth-order valence-electron chi connectivity index (χ4n) is 4.88. The summed E-state index contributed by atoms with van der Waals surface area (Å²) in [5.41, 5.74) is 2.82. The molecule has 1 atom stereocenters. The van der Waals surface area contributed by atoms with Gasteiger partial charge in [-0.25, -0.2) is 0 Å². The van der Waals surface area contributed by atoms with Gasteiger partial charge in [0, 0.05) is 44.9 Å². The van der Waals surface area contributed by atoms with E-state index in [-0.39, 0.29) is 30.9 Å². The molecule has 0 saturated carbocycles. The average molecular weight is 500 g/mol. The predicted molar refractivity (Wildman–Crippen MR) is 142 cm³/mol. The summed E-state index contributed by atoms with van der Waals surface area (Å²) in [6, 6.07) is 23.6. The Balaban J connectivity index is 1.17. The zero-order valence-electron chi connectivity index (χ0n) is 21.0. The van der Waals surface area contributed by atoms with Crippen LogP contribution in [0, 0.1) is 0 Å². The number of benzene rings is 2. The summed E-state index contributed by atoms with van der Waals surface area (Å²) in [5, 5.41) is 8.82. The van der Waals surface area contributed by atoms with E-state index in [0.29, 0.717) is 32.7 Å². The van der Waals surface area contributed by atoms with Gasteiger partial charge in [-0.15, -0.1) is 10.2 Å². The third-order valence-corrected chi connectivity index (χ3v) is 7.00. The number of rotatable bonds is 8. The molecule has 3 aromatic rings. The fraction of sp³-hybridized carbons (Fsp3) is 0.379. The Labute approximate surface area is 217 Å². The average Bonchev–Trinajstić information content (AvgIpc) is 3.47. The summed E-state index contributed by atoms with van der Waals surface area (Å²) in [7, 11) is 0. The van der Waals surface area contributed by atoms with Crippen molar-refractivity contribution in [2.75, 3.05) is 50.8 Å². The lowest BCUT2D eigenvalue weighted by Crippen LogP contribution is -2.53. The summed E-state index contributed by atoms with van der Waals surface area (Å²) in [4.78, 5) is 32.1. The molecule has 2 aliphatic heterocycles. The molecule has 0 spiro atoms. The molecule has 1 aromatic heterocycles. The van der Waals surface area contributed by atoms with Crippen molar-refractivity contribution in [3.05, 3.63) is 78.4 Å². The molecule has 2 saturated heterocycles. The maximum Gasteiger partial charge on any atom is 0.242 e. The number of ether oxygens (including phenoxy) is 1. The number of nitrogens with zero attached hydrogens (tertiary/aromatic N) is 5. The molecular weight excluding hydrogens is 466 g/mol. The molecule has 8 heteroatoms. The van der Waals surface area contributed by atoms with Gasteiger partial charge in [0.05, 0.1) is 24.8 Å². The van der Waals surface area contributed by atoms with Crippen LogP contribution in [0.4, 0.5) is 5.82 Å². The van der Waals surface area contributed by atoms with Gasteiger partial charge in [-0.05, 0) is 30.5 Å². The van der Waals surface area contributed by atoms with Gasteiger partial charge in [-0.2, -0.15) is 0 Å². The summed E-state index contributed by atoms with van der Waals surface area (Å²) in [5.74, 6) is 0.747. The van der Waals surface area contributed by atoms with Crippen molar-refractivity contribution in [1.82, 2.24) is 20.0 Å². The van der Waals surface area contributed by atoms with Crippen molar-refractivity contribution in [3.63, 3.8) is 0 Å². The van der Waals surface area contributed by atoms with E-state index >= 15 is 0 Å². The van der Waals surface area contributed by atoms with Crippen LogP contribution in [0.1, 0.15) is 18.4 Å². The third kappa shape index (κ3) is 6.51. The molecule has 2 amide bonds. The van der Waals surface area contributed by atoms with E-state index in [4.69, 9.17) is 4.74 Å². The largest absolute Gasteiger partial charge is 0.376 e. The van der Waals surface area contributed by atoms with Crippen molar-refractivity contribution >= 4 is 17.6 Å². The minimum Gasteiger partial charge on any atom is -0.376 e. The Hall–Kier alpha value is -3.78. The van der Waals surface area contributed by atoms with Gasteiger partial charge in [0.1, 0.15) is 0 Å². The number of hydrogen-bond donors (Lipinski definition) is 0. The Morgan fingerprint density at radius 2 is 1.62 bits per heavy atom. The molecule has 5 rings (SSSR count). The number of carbonyl (C=O) groups excluding carboxylic acids is 2. The quantitative estimate of drug-likeness (QED) is 0.474.